The molecule has 0 aliphatic carbocycles. The van der Waals surface area contributed by atoms with Gasteiger partial charge in [0, 0.05) is 10.9 Å². The highest BCUT2D eigenvalue weighted by molar-refractivity contribution is 5.95. The zero-order chi connectivity index (χ0) is 19.8. The molecule has 8 nitrogen and oxygen atoms in total. The van der Waals surface area contributed by atoms with Crippen molar-refractivity contribution < 1.29 is 14.2 Å². The molecule has 2 aromatic heterocycles. The van der Waals surface area contributed by atoms with Gasteiger partial charge in [0.25, 0.3) is 5.56 Å². The fourth-order valence-corrected chi connectivity index (χ4v) is 2.99. The SMILES string of the molecule is CC(C)OC(O)Nc1nc2cc(-c3n[nH]c(=O)c4ccc(F)cc34)ccc2[nH]1. The Balaban J connectivity index is 1.75. The first kappa shape index (κ1) is 18.1. The predicted octanol–water partition coefficient (Wildman–Crippen LogP) is 2.72. The van der Waals surface area contributed by atoms with Crippen molar-refractivity contribution in [1.29, 1.82) is 0 Å². The number of aliphatic hydroxyl groups is 1. The summed E-state index contributed by atoms with van der Waals surface area (Å²) in [5, 5.41) is 19.9. The summed E-state index contributed by atoms with van der Waals surface area (Å²) in [5.41, 5.74) is 2.05. The molecular weight excluding hydrogens is 365 g/mol. The Bertz CT molecular complexity index is 1220. The van der Waals surface area contributed by atoms with Gasteiger partial charge in [-0.15, -0.1) is 0 Å². The first-order valence-electron chi connectivity index (χ1n) is 8.69. The molecule has 0 aliphatic rings. The average molecular weight is 383 g/mol. The first-order valence-corrected chi connectivity index (χ1v) is 8.69. The number of fused-ring (bicyclic) bond motifs is 2. The Morgan fingerprint density at radius 3 is 2.79 bits per heavy atom. The molecule has 4 rings (SSSR count). The Kier molecular flexibility index (Phi) is 4.54. The second-order valence-corrected chi connectivity index (χ2v) is 6.59. The molecule has 2 aromatic carbocycles. The van der Waals surface area contributed by atoms with Gasteiger partial charge in [0.2, 0.25) is 12.4 Å². The van der Waals surface area contributed by atoms with Gasteiger partial charge in [0.15, 0.2) is 0 Å². The molecule has 1 atom stereocenters. The van der Waals surface area contributed by atoms with E-state index < -0.39 is 12.2 Å². The Morgan fingerprint density at radius 2 is 2.00 bits per heavy atom. The van der Waals surface area contributed by atoms with Gasteiger partial charge < -0.3 is 20.1 Å². The standard InChI is InChI=1S/C19H18FN5O3/c1-9(2)28-19(27)23-18-21-14-6-3-10(7-15(14)22-18)16-13-8-11(20)4-5-12(13)17(26)25-24-16/h3-9,19,27H,1-2H3,(H,25,26)(H2,21,22,23). The van der Waals surface area contributed by atoms with Crippen LogP contribution in [0.15, 0.2) is 41.2 Å². The number of ether oxygens (including phenoxy) is 1. The summed E-state index contributed by atoms with van der Waals surface area (Å²) in [6.45, 7) is 3.61. The fraction of sp³-hybridized carbons (Fsp3) is 0.211. The van der Waals surface area contributed by atoms with Gasteiger partial charge in [-0.25, -0.2) is 14.5 Å². The highest BCUT2D eigenvalue weighted by atomic mass is 19.1. The van der Waals surface area contributed by atoms with Crippen molar-refractivity contribution in [2.75, 3.05) is 5.32 Å². The minimum Gasteiger partial charge on any atom is -0.351 e. The largest absolute Gasteiger partial charge is 0.351 e. The Labute approximate surface area is 158 Å². The summed E-state index contributed by atoms with van der Waals surface area (Å²) in [4.78, 5) is 19.4. The summed E-state index contributed by atoms with van der Waals surface area (Å²) in [6, 6.07) is 9.29. The van der Waals surface area contributed by atoms with Crippen LogP contribution in [0.3, 0.4) is 0 Å². The molecule has 1 unspecified atom stereocenters. The number of H-pyrrole nitrogens is 2. The minimum atomic E-state index is -1.20. The highest BCUT2D eigenvalue weighted by Gasteiger charge is 2.13. The smallest absolute Gasteiger partial charge is 0.272 e. The van der Waals surface area contributed by atoms with Gasteiger partial charge in [-0.05, 0) is 44.2 Å². The van der Waals surface area contributed by atoms with Crippen LogP contribution in [-0.2, 0) is 4.74 Å². The molecule has 0 bridgehead atoms. The van der Waals surface area contributed by atoms with Crippen molar-refractivity contribution in [2.24, 2.45) is 0 Å². The number of anilines is 1. The summed E-state index contributed by atoms with van der Waals surface area (Å²) in [5.74, 6) is -0.113. The maximum absolute atomic E-state index is 13.7. The summed E-state index contributed by atoms with van der Waals surface area (Å²) in [7, 11) is 0. The van der Waals surface area contributed by atoms with E-state index in [0.29, 0.717) is 33.5 Å². The lowest BCUT2D eigenvalue weighted by atomic mass is 10.0. The second-order valence-electron chi connectivity index (χ2n) is 6.59. The molecule has 0 fully saturated rings. The molecule has 0 radical (unpaired) electrons. The molecule has 144 valence electrons. The lowest BCUT2D eigenvalue weighted by molar-refractivity contribution is -0.106. The second kappa shape index (κ2) is 7.02. The molecule has 9 heteroatoms. The number of aliphatic hydroxyl groups excluding tert-OH is 1. The van der Waals surface area contributed by atoms with Crippen molar-refractivity contribution >= 4 is 27.8 Å². The lowest BCUT2D eigenvalue weighted by Gasteiger charge is -2.15. The van der Waals surface area contributed by atoms with Gasteiger partial charge in [-0.2, -0.15) is 5.10 Å². The molecule has 0 amide bonds. The molecule has 0 aliphatic heterocycles. The van der Waals surface area contributed by atoms with E-state index in [1.807, 2.05) is 0 Å². The van der Waals surface area contributed by atoms with Crippen molar-refractivity contribution in [3.8, 4) is 11.3 Å². The maximum atomic E-state index is 13.7. The number of nitrogens with one attached hydrogen (secondary N) is 3. The number of benzene rings is 2. The number of halogens is 1. The third kappa shape index (κ3) is 3.45. The van der Waals surface area contributed by atoms with E-state index >= 15 is 0 Å². The third-order valence-corrected chi connectivity index (χ3v) is 4.17. The fourth-order valence-electron chi connectivity index (χ4n) is 2.99. The van der Waals surface area contributed by atoms with Crippen LogP contribution in [-0.4, -0.2) is 37.8 Å². The Morgan fingerprint density at radius 1 is 1.18 bits per heavy atom. The van der Waals surface area contributed by atoms with Gasteiger partial charge in [0.1, 0.15) is 5.82 Å². The van der Waals surface area contributed by atoms with Crippen LogP contribution in [0.5, 0.6) is 0 Å². The predicted molar refractivity (Wildman–Crippen MR) is 103 cm³/mol. The summed E-state index contributed by atoms with van der Waals surface area (Å²) >= 11 is 0. The van der Waals surface area contributed by atoms with E-state index in [1.54, 1.807) is 32.0 Å². The molecule has 4 aromatic rings. The molecule has 0 spiro atoms. The van der Waals surface area contributed by atoms with Crippen molar-refractivity contribution in [3.63, 3.8) is 0 Å². The molecular formula is C19H18FN5O3. The molecule has 28 heavy (non-hydrogen) atoms. The van der Waals surface area contributed by atoms with E-state index in [2.05, 4.69) is 25.5 Å². The number of rotatable bonds is 5. The minimum absolute atomic E-state index is 0.154. The number of aromatic nitrogens is 4. The van der Waals surface area contributed by atoms with Gasteiger partial charge in [-0.1, -0.05) is 6.07 Å². The molecule has 0 saturated carbocycles. The Hall–Kier alpha value is -3.30. The maximum Gasteiger partial charge on any atom is 0.272 e. The zero-order valence-corrected chi connectivity index (χ0v) is 15.2. The number of hydrogen-bond acceptors (Lipinski definition) is 6. The van der Waals surface area contributed by atoms with Crippen molar-refractivity contribution in [3.05, 3.63) is 52.6 Å². The van der Waals surface area contributed by atoms with E-state index in [9.17, 15) is 14.3 Å². The van der Waals surface area contributed by atoms with Gasteiger partial charge >= 0.3 is 0 Å². The van der Waals surface area contributed by atoms with Crippen LogP contribution in [0.2, 0.25) is 0 Å². The van der Waals surface area contributed by atoms with E-state index in [1.165, 1.54) is 18.2 Å². The van der Waals surface area contributed by atoms with Crippen LogP contribution in [0.4, 0.5) is 10.3 Å². The summed E-state index contributed by atoms with van der Waals surface area (Å²) in [6.07, 6.45) is -1.36. The van der Waals surface area contributed by atoms with Crippen molar-refractivity contribution in [1.82, 2.24) is 20.2 Å². The van der Waals surface area contributed by atoms with Crippen LogP contribution in [0, 0.1) is 5.82 Å². The number of hydrogen-bond donors (Lipinski definition) is 4. The van der Waals surface area contributed by atoms with Gasteiger partial charge in [0.05, 0.1) is 28.2 Å². The highest BCUT2D eigenvalue weighted by Crippen LogP contribution is 2.27. The van der Waals surface area contributed by atoms with Crippen molar-refractivity contribution in [2.45, 2.75) is 26.4 Å². The molecule has 2 heterocycles. The average Bonchev–Trinajstić information content (AvgIpc) is 3.02. The first-order chi connectivity index (χ1) is 13.4. The van der Waals surface area contributed by atoms with Gasteiger partial charge in [-0.3, -0.25) is 4.79 Å². The molecule has 0 saturated heterocycles. The van der Waals surface area contributed by atoms with E-state index in [0.717, 1.165) is 5.52 Å². The van der Waals surface area contributed by atoms with Crippen LogP contribution < -0.4 is 10.9 Å². The number of imidazole rings is 1. The van der Waals surface area contributed by atoms with Crippen LogP contribution in [0.1, 0.15) is 13.8 Å². The lowest BCUT2D eigenvalue weighted by Crippen LogP contribution is -2.26. The van der Waals surface area contributed by atoms with E-state index in [4.69, 9.17) is 4.74 Å². The number of nitrogens with zero attached hydrogens (tertiary/aromatic N) is 2. The van der Waals surface area contributed by atoms with E-state index in [-0.39, 0.29) is 11.7 Å². The third-order valence-electron chi connectivity index (χ3n) is 4.17. The normalized spacial score (nSPS) is 12.8. The quantitative estimate of drug-likeness (QED) is 0.394. The monoisotopic (exact) mass is 383 g/mol. The zero-order valence-electron chi connectivity index (χ0n) is 15.2. The topological polar surface area (TPSA) is 116 Å². The molecule has 4 N–H and O–H groups in total. The van der Waals surface area contributed by atoms with Crippen LogP contribution >= 0.6 is 0 Å². The summed E-state index contributed by atoms with van der Waals surface area (Å²) < 4.78 is 18.9. The number of aromatic amines is 2. The van der Waals surface area contributed by atoms with Crippen LogP contribution in [0.25, 0.3) is 33.1 Å².